The lowest BCUT2D eigenvalue weighted by molar-refractivity contribution is 0.0907. The van der Waals surface area contributed by atoms with E-state index in [1.54, 1.807) is 6.20 Å². The maximum absolute atomic E-state index is 12.3. The normalized spacial score (nSPS) is 21.8. The average Bonchev–Trinajstić information content (AvgIpc) is 3.16. The van der Waals surface area contributed by atoms with Gasteiger partial charge in [-0.25, -0.2) is 9.78 Å². The van der Waals surface area contributed by atoms with Crippen molar-refractivity contribution in [2.75, 3.05) is 6.61 Å². The SMILES string of the molecule is CC(NC(=O)N[C@H]1CCO[C@@H]1c1nccn1C)c1ccccc1. The predicted molar refractivity (Wildman–Crippen MR) is 86.8 cm³/mol. The zero-order valence-electron chi connectivity index (χ0n) is 13.4. The fourth-order valence-electron chi connectivity index (χ4n) is 2.87. The van der Waals surface area contributed by atoms with E-state index in [4.69, 9.17) is 4.74 Å². The Hall–Kier alpha value is -2.34. The second-order valence-electron chi connectivity index (χ2n) is 5.83. The van der Waals surface area contributed by atoms with Gasteiger partial charge < -0.3 is 19.9 Å². The van der Waals surface area contributed by atoms with Gasteiger partial charge in [0.15, 0.2) is 0 Å². The number of nitrogens with one attached hydrogen (secondary N) is 2. The number of rotatable bonds is 4. The Morgan fingerprint density at radius 1 is 1.39 bits per heavy atom. The van der Waals surface area contributed by atoms with Crippen LogP contribution in [0, 0.1) is 0 Å². The van der Waals surface area contributed by atoms with E-state index in [1.807, 2.05) is 55.1 Å². The van der Waals surface area contributed by atoms with Gasteiger partial charge in [0.1, 0.15) is 11.9 Å². The highest BCUT2D eigenvalue weighted by Crippen LogP contribution is 2.27. The molecule has 3 rings (SSSR count). The number of hydrogen-bond donors (Lipinski definition) is 2. The van der Waals surface area contributed by atoms with E-state index in [9.17, 15) is 4.79 Å². The van der Waals surface area contributed by atoms with Crippen molar-refractivity contribution in [3.05, 3.63) is 54.1 Å². The number of aryl methyl sites for hydroxylation is 1. The lowest BCUT2D eigenvalue weighted by atomic mass is 10.1. The molecule has 3 atom stereocenters. The molecular weight excluding hydrogens is 292 g/mol. The predicted octanol–water partition coefficient (Wildman–Crippen LogP) is 2.31. The van der Waals surface area contributed by atoms with Crippen LogP contribution >= 0.6 is 0 Å². The topological polar surface area (TPSA) is 68.2 Å². The molecule has 1 aliphatic heterocycles. The summed E-state index contributed by atoms with van der Waals surface area (Å²) in [5, 5.41) is 5.99. The summed E-state index contributed by atoms with van der Waals surface area (Å²) in [4.78, 5) is 16.6. The highest BCUT2D eigenvalue weighted by molar-refractivity contribution is 5.74. The van der Waals surface area contributed by atoms with Crippen molar-refractivity contribution in [1.29, 1.82) is 0 Å². The number of urea groups is 1. The molecule has 1 aromatic heterocycles. The first-order chi connectivity index (χ1) is 11.1. The Morgan fingerprint density at radius 2 is 2.17 bits per heavy atom. The van der Waals surface area contributed by atoms with Crippen molar-refractivity contribution in [3.8, 4) is 0 Å². The highest BCUT2D eigenvalue weighted by Gasteiger charge is 2.33. The van der Waals surface area contributed by atoms with Crippen LogP contribution in [-0.4, -0.2) is 28.2 Å². The molecule has 0 aliphatic carbocycles. The van der Waals surface area contributed by atoms with Crippen molar-refractivity contribution >= 4 is 6.03 Å². The molecule has 0 radical (unpaired) electrons. The molecule has 6 heteroatoms. The minimum absolute atomic E-state index is 0.0508. The Labute approximate surface area is 135 Å². The van der Waals surface area contributed by atoms with Gasteiger partial charge in [0.2, 0.25) is 0 Å². The van der Waals surface area contributed by atoms with Gasteiger partial charge >= 0.3 is 6.03 Å². The Kier molecular flexibility index (Phi) is 4.62. The number of ether oxygens (including phenoxy) is 1. The van der Waals surface area contributed by atoms with E-state index in [0.29, 0.717) is 6.61 Å². The fourth-order valence-corrected chi connectivity index (χ4v) is 2.87. The molecule has 2 N–H and O–H groups in total. The van der Waals surface area contributed by atoms with Crippen LogP contribution in [0.5, 0.6) is 0 Å². The van der Waals surface area contributed by atoms with Crippen LogP contribution in [0.15, 0.2) is 42.7 Å². The van der Waals surface area contributed by atoms with E-state index < -0.39 is 0 Å². The third-order valence-electron chi connectivity index (χ3n) is 4.17. The second kappa shape index (κ2) is 6.83. The number of amides is 2. The van der Waals surface area contributed by atoms with Gasteiger partial charge in [-0.1, -0.05) is 30.3 Å². The second-order valence-corrected chi connectivity index (χ2v) is 5.83. The third kappa shape index (κ3) is 3.53. The van der Waals surface area contributed by atoms with Crippen molar-refractivity contribution in [2.45, 2.75) is 31.5 Å². The zero-order valence-corrected chi connectivity index (χ0v) is 13.4. The van der Waals surface area contributed by atoms with E-state index in [1.165, 1.54) is 0 Å². The van der Waals surface area contributed by atoms with Crippen molar-refractivity contribution < 1.29 is 9.53 Å². The number of nitrogens with zero attached hydrogens (tertiary/aromatic N) is 2. The van der Waals surface area contributed by atoms with Crippen LogP contribution in [0.25, 0.3) is 0 Å². The van der Waals surface area contributed by atoms with Gasteiger partial charge in [-0.15, -0.1) is 0 Å². The molecule has 2 heterocycles. The van der Waals surface area contributed by atoms with Gasteiger partial charge in [0, 0.05) is 26.0 Å². The van der Waals surface area contributed by atoms with Crippen LogP contribution in [0.3, 0.4) is 0 Å². The summed E-state index contributed by atoms with van der Waals surface area (Å²) < 4.78 is 7.68. The van der Waals surface area contributed by atoms with Crippen LogP contribution in [-0.2, 0) is 11.8 Å². The van der Waals surface area contributed by atoms with Crippen molar-refractivity contribution in [3.63, 3.8) is 0 Å². The molecule has 1 saturated heterocycles. The lowest BCUT2D eigenvalue weighted by Gasteiger charge is -2.21. The van der Waals surface area contributed by atoms with Crippen LogP contribution in [0.4, 0.5) is 4.79 Å². The lowest BCUT2D eigenvalue weighted by Crippen LogP contribution is -2.44. The third-order valence-corrected chi connectivity index (χ3v) is 4.17. The van der Waals surface area contributed by atoms with Crippen LogP contribution in [0.1, 0.15) is 36.9 Å². The summed E-state index contributed by atoms with van der Waals surface area (Å²) in [6.45, 7) is 2.59. The summed E-state index contributed by atoms with van der Waals surface area (Å²) in [6, 6.07) is 9.59. The number of carbonyl (C=O) groups is 1. The first kappa shape index (κ1) is 15.6. The molecule has 1 aromatic carbocycles. The molecule has 0 spiro atoms. The van der Waals surface area contributed by atoms with Gasteiger partial charge in [0.05, 0.1) is 12.1 Å². The molecule has 122 valence electrons. The largest absolute Gasteiger partial charge is 0.368 e. The molecule has 6 nitrogen and oxygen atoms in total. The van der Waals surface area contributed by atoms with Gasteiger partial charge in [-0.3, -0.25) is 0 Å². The maximum atomic E-state index is 12.3. The molecule has 2 amide bonds. The monoisotopic (exact) mass is 314 g/mol. The first-order valence-electron chi connectivity index (χ1n) is 7.86. The molecule has 1 fully saturated rings. The summed E-state index contributed by atoms with van der Waals surface area (Å²) in [5.74, 6) is 0.837. The summed E-state index contributed by atoms with van der Waals surface area (Å²) in [6.07, 6.45) is 4.20. The van der Waals surface area contributed by atoms with Crippen LogP contribution in [0.2, 0.25) is 0 Å². The average molecular weight is 314 g/mol. The molecule has 0 saturated carbocycles. The number of imidazole rings is 1. The molecule has 1 unspecified atom stereocenters. The maximum Gasteiger partial charge on any atom is 0.315 e. The van der Waals surface area contributed by atoms with E-state index in [0.717, 1.165) is 17.8 Å². The summed E-state index contributed by atoms with van der Waals surface area (Å²) >= 11 is 0. The Morgan fingerprint density at radius 3 is 2.87 bits per heavy atom. The molecule has 23 heavy (non-hydrogen) atoms. The number of aromatic nitrogens is 2. The van der Waals surface area contributed by atoms with Gasteiger partial charge in [-0.2, -0.15) is 0 Å². The molecule has 1 aliphatic rings. The minimum Gasteiger partial charge on any atom is -0.368 e. The molecule has 0 bridgehead atoms. The first-order valence-corrected chi connectivity index (χ1v) is 7.86. The summed E-state index contributed by atoms with van der Waals surface area (Å²) in [7, 11) is 1.93. The van der Waals surface area contributed by atoms with Crippen molar-refractivity contribution in [2.24, 2.45) is 7.05 Å². The van der Waals surface area contributed by atoms with Gasteiger partial charge in [-0.05, 0) is 18.9 Å². The minimum atomic E-state index is -0.201. The number of benzene rings is 1. The smallest absolute Gasteiger partial charge is 0.315 e. The molecule has 2 aromatic rings. The Balaban J connectivity index is 1.60. The van der Waals surface area contributed by atoms with Crippen molar-refractivity contribution in [1.82, 2.24) is 20.2 Å². The zero-order chi connectivity index (χ0) is 16.2. The van der Waals surface area contributed by atoms with E-state index in [-0.39, 0.29) is 24.2 Å². The highest BCUT2D eigenvalue weighted by atomic mass is 16.5. The fraction of sp³-hybridized carbons (Fsp3) is 0.412. The Bertz CT molecular complexity index is 656. The van der Waals surface area contributed by atoms with Crippen LogP contribution < -0.4 is 10.6 Å². The molecular formula is C17H22N4O2. The number of hydrogen-bond acceptors (Lipinski definition) is 3. The quantitative estimate of drug-likeness (QED) is 0.910. The van der Waals surface area contributed by atoms with E-state index in [2.05, 4.69) is 15.6 Å². The van der Waals surface area contributed by atoms with Gasteiger partial charge in [0.25, 0.3) is 0 Å². The number of carbonyl (C=O) groups excluding carboxylic acids is 1. The standard InChI is InChI=1S/C17H22N4O2/c1-12(13-6-4-3-5-7-13)19-17(22)20-14-8-11-23-15(14)16-18-9-10-21(16)2/h3-7,9-10,12,14-15H,8,11H2,1-2H3,(H2,19,20,22)/t12?,14-,15-/m0/s1. The summed E-state index contributed by atoms with van der Waals surface area (Å²) in [5.41, 5.74) is 1.07. The van der Waals surface area contributed by atoms with E-state index >= 15 is 0 Å².